The molecule has 1 rings (SSSR count). The molecule has 0 bridgehead atoms. The Morgan fingerprint density at radius 2 is 2.50 bits per heavy atom. The van der Waals surface area contributed by atoms with Gasteiger partial charge in [-0.25, -0.2) is 9.79 Å². The van der Waals surface area contributed by atoms with Crippen LogP contribution < -0.4 is 5.32 Å². The number of aliphatic imine (C=N–C) groups is 1. The number of hydrogen-bond donors (Lipinski definition) is 1. The summed E-state index contributed by atoms with van der Waals surface area (Å²) in [5.41, 5.74) is 0. The lowest BCUT2D eigenvalue weighted by Crippen LogP contribution is -2.36. The van der Waals surface area contributed by atoms with E-state index >= 15 is 0 Å². The van der Waals surface area contributed by atoms with Crippen molar-refractivity contribution >= 4 is 12.0 Å². The topological polar surface area (TPSA) is 58.5 Å². The van der Waals surface area contributed by atoms with Gasteiger partial charge in [0.15, 0.2) is 0 Å². The summed E-state index contributed by atoms with van der Waals surface area (Å²) in [5, 5.41) is 2.61. The number of rotatable bonds is 1. The minimum Gasteiger partial charge on any atom is -0.354 e. The minimum absolute atomic E-state index is 0.0392. The highest BCUT2D eigenvalue weighted by Gasteiger charge is 2.16. The molecule has 10 heavy (non-hydrogen) atoms. The molecule has 1 unspecified atom stereocenters. The quantitative estimate of drug-likeness (QED) is 0.398. The fraction of sp³-hybridized carbons (Fsp3) is 0.667. The predicted octanol–water partition coefficient (Wildman–Crippen LogP) is -0.399. The van der Waals surface area contributed by atoms with Crippen molar-refractivity contribution in [1.82, 2.24) is 5.32 Å². The van der Waals surface area contributed by atoms with Crippen LogP contribution in [0.1, 0.15) is 12.8 Å². The van der Waals surface area contributed by atoms with Crippen LogP contribution in [0.5, 0.6) is 0 Å². The highest BCUT2D eigenvalue weighted by molar-refractivity contribution is 5.76. The normalized spacial score (nSPS) is 24.8. The number of nitrogens with one attached hydrogen (secondary N) is 1. The molecule has 0 spiro atoms. The monoisotopic (exact) mass is 140 g/mol. The van der Waals surface area contributed by atoms with E-state index < -0.39 is 0 Å². The molecule has 1 amide bonds. The van der Waals surface area contributed by atoms with Crippen LogP contribution in [0.2, 0.25) is 0 Å². The molecule has 0 aromatic carbocycles. The Labute approximate surface area is 58.3 Å². The van der Waals surface area contributed by atoms with Gasteiger partial charge in [0.05, 0.1) is 6.04 Å². The maximum Gasteiger partial charge on any atom is 0.235 e. The van der Waals surface area contributed by atoms with Crippen molar-refractivity contribution in [2.75, 3.05) is 6.54 Å². The number of carbonyl (C=O) groups is 1. The van der Waals surface area contributed by atoms with Crippen molar-refractivity contribution in [1.29, 1.82) is 0 Å². The summed E-state index contributed by atoms with van der Waals surface area (Å²) >= 11 is 0. The van der Waals surface area contributed by atoms with Gasteiger partial charge in [-0.1, -0.05) is 0 Å². The first kappa shape index (κ1) is 6.96. The fourth-order valence-electron chi connectivity index (χ4n) is 0.905. The largest absolute Gasteiger partial charge is 0.354 e. The van der Waals surface area contributed by atoms with Crippen LogP contribution >= 0.6 is 0 Å². The van der Waals surface area contributed by atoms with Crippen LogP contribution in [-0.4, -0.2) is 24.6 Å². The third kappa shape index (κ3) is 1.67. The van der Waals surface area contributed by atoms with Gasteiger partial charge in [-0.05, 0) is 6.42 Å². The van der Waals surface area contributed by atoms with Crippen molar-refractivity contribution in [2.45, 2.75) is 18.9 Å². The molecule has 0 saturated carbocycles. The highest BCUT2D eigenvalue weighted by atomic mass is 16.1. The van der Waals surface area contributed by atoms with Gasteiger partial charge in [-0.15, -0.1) is 0 Å². The molecule has 1 saturated heterocycles. The summed E-state index contributed by atoms with van der Waals surface area (Å²) in [6.45, 7) is 0.480. The van der Waals surface area contributed by atoms with E-state index in [1.54, 1.807) is 0 Å². The van der Waals surface area contributed by atoms with Crippen LogP contribution in [0, 0.1) is 0 Å². The third-order valence-corrected chi connectivity index (χ3v) is 1.47. The molecular formula is C6H8N2O2. The van der Waals surface area contributed by atoms with Crippen LogP contribution in [0.25, 0.3) is 0 Å². The van der Waals surface area contributed by atoms with E-state index in [0.717, 1.165) is 0 Å². The van der Waals surface area contributed by atoms with Crippen molar-refractivity contribution in [2.24, 2.45) is 4.99 Å². The molecule has 0 aliphatic carbocycles. The molecule has 1 heterocycles. The molecule has 0 radical (unpaired) electrons. The number of amides is 1. The zero-order valence-electron chi connectivity index (χ0n) is 5.46. The molecule has 4 nitrogen and oxygen atoms in total. The Bertz CT molecular complexity index is 174. The lowest BCUT2D eigenvalue weighted by molar-refractivity contribution is -0.122. The second-order valence-electron chi connectivity index (χ2n) is 2.22. The van der Waals surface area contributed by atoms with E-state index in [1.807, 2.05) is 0 Å². The maximum atomic E-state index is 10.6. The van der Waals surface area contributed by atoms with Crippen molar-refractivity contribution in [3.8, 4) is 0 Å². The lowest BCUT2D eigenvalue weighted by Gasteiger charge is -2.16. The van der Waals surface area contributed by atoms with Crippen LogP contribution in [-0.2, 0) is 9.59 Å². The average Bonchev–Trinajstić information content (AvgIpc) is 1.95. The Morgan fingerprint density at radius 1 is 1.70 bits per heavy atom. The Hall–Kier alpha value is -1.15. The van der Waals surface area contributed by atoms with E-state index in [1.165, 1.54) is 6.08 Å². The van der Waals surface area contributed by atoms with E-state index in [2.05, 4.69) is 10.3 Å². The standard InChI is InChI=1S/C6H8N2O2/c9-4-8-5-1-2-6(10)7-3-5/h5H,1-3H2,(H,7,10). The average molecular weight is 140 g/mol. The molecule has 54 valence electrons. The van der Waals surface area contributed by atoms with Gasteiger partial charge in [-0.3, -0.25) is 4.79 Å². The smallest absolute Gasteiger partial charge is 0.235 e. The van der Waals surface area contributed by atoms with Crippen molar-refractivity contribution in [3.05, 3.63) is 0 Å². The van der Waals surface area contributed by atoms with E-state index in [4.69, 9.17) is 0 Å². The summed E-state index contributed by atoms with van der Waals surface area (Å²) in [5.74, 6) is 0.0392. The van der Waals surface area contributed by atoms with Crippen molar-refractivity contribution in [3.63, 3.8) is 0 Å². The molecule has 1 atom stereocenters. The second-order valence-corrected chi connectivity index (χ2v) is 2.22. The van der Waals surface area contributed by atoms with Gasteiger partial charge >= 0.3 is 0 Å². The number of hydrogen-bond acceptors (Lipinski definition) is 3. The number of isocyanates is 1. The summed E-state index contributed by atoms with van der Waals surface area (Å²) in [6, 6.07) is -0.0461. The first-order valence-electron chi connectivity index (χ1n) is 3.16. The summed E-state index contributed by atoms with van der Waals surface area (Å²) in [7, 11) is 0. The van der Waals surface area contributed by atoms with E-state index in [-0.39, 0.29) is 11.9 Å². The number of piperidine rings is 1. The molecule has 1 aliphatic rings. The molecule has 0 aromatic heterocycles. The molecule has 4 heteroatoms. The molecular weight excluding hydrogens is 132 g/mol. The molecule has 0 aromatic rings. The third-order valence-electron chi connectivity index (χ3n) is 1.47. The molecule has 1 fully saturated rings. The Kier molecular flexibility index (Phi) is 2.18. The molecule has 1 aliphatic heterocycles. The summed E-state index contributed by atoms with van der Waals surface area (Å²) in [4.78, 5) is 23.8. The number of nitrogens with zero attached hydrogens (tertiary/aromatic N) is 1. The Morgan fingerprint density at radius 3 is 3.00 bits per heavy atom. The van der Waals surface area contributed by atoms with Gasteiger partial charge in [0, 0.05) is 13.0 Å². The zero-order valence-corrected chi connectivity index (χ0v) is 5.46. The SMILES string of the molecule is O=C=NC1CCC(=O)NC1. The summed E-state index contributed by atoms with van der Waals surface area (Å²) in [6.07, 6.45) is 2.61. The predicted molar refractivity (Wildman–Crippen MR) is 34.2 cm³/mol. The Balaban J connectivity index is 2.39. The van der Waals surface area contributed by atoms with Gasteiger partial charge in [-0.2, -0.15) is 0 Å². The second kappa shape index (κ2) is 3.13. The van der Waals surface area contributed by atoms with Gasteiger partial charge in [0.2, 0.25) is 12.0 Å². The molecule has 1 N–H and O–H groups in total. The van der Waals surface area contributed by atoms with Crippen molar-refractivity contribution < 1.29 is 9.59 Å². The van der Waals surface area contributed by atoms with Gasteiger partial charge < -0.3 is 5.32 Å². The number of carbonyl (C=O) groups excluding carboxylic acids is 2. The maximum absolute atomic E-state index is 10.6. The zero-order chi connectivity index (χ0) is 7.40. The summed E-state index contributed by atoms with van der Waals surface area (Å²) < 4.78 is 0. The highest BCUT2D eigenvalue weighted by Crippen LogP contribution is 2.04. The first-order valence-corrected chi connectivity index (χ1v) is 3.16. The van der Waals surface area contributed by atoms with Crippen LogP contribution in [0.4, 0.5) is 0 Å². The van der Waals surface area contributed by atoms with Gasteiger partial charge in [0.1, 0.15) is 0 Å². The van der Waals surface area contributed by atoms with Crippen LogP contribution in [0.15, 0.2) is 4.99 Å². The van der Waals surface area contributed by atoms with Crippen LogP contribution in [0.3, 0.4) is 0 Å². The van der Waals surface area contributed by atoms with E-state index in [9.17, 15) is 9.59 Å². The van der Waals surface area contributed by atoms with E-state index in [0.29, 0.717) is 19.4 Å². The first-order chi connectivity index (χ1) is 4.83. The lowest BCUT2D eigenvalue weighted by atomic mass is 10.1. The van der Waals surface area contributed by atoms with Gasteiger partial charge in [0.25, 0.3) is 0 Å². The minimum atomic E-state index is -0.0461. The fourth-order valence-corrected chi connectivity index (χ4v) is 0.905.